The second kappa shape index (κ2) is 28.6. The molecule has 0 aliphatic rings. The molecular formula is C38H59N5O6S3. The number of benzene rings is 1. The third-order valence-electron chi connectivity index (χ3n) is 8.78. The van der Waals surface area contributed by atoms with Crippen molar-refractivity contribution in [3.05, 3.63) is 50.6 Å². The van der Waals surface area contributed by atoms with Gasteiger partial charge < -0.3 is 4.90 Å². The van der Waals surface area contributed by atoms with Gasteiger partial charge in [-0.3, -0.25) is 29.8 Å². The largest absolute Gasteiger partial charge is 0.372 e. The van der Waals surface area contributed by atoms with E-state index in [1.165, 1.54) is 126 Å². The number of rotatable bonds is 31. The maximum absolute atomic E-state index is 11.3. The number of thioether (sulfide) groups is 2. The van der Waals surface area contributed by atoms with Gasteiger partial charge in [-0.2, -0.15) is 0 Å². The summed E-state index contributed by atoms with van der Waals surface area (Å²) in [5.41, 5.74) is 1.22. The highest BCUT2D eigenvalue weighted by Gasteiger charge is 2.25. The van der Waals surface area contributed by atoms with Crippen LogP contribution >= 0.6 is 34.9 Å². The van der Waals surface area contributed by atoms with Crippen molar-refractivity contribution in [3.63, 3.8) is 0 Å². The third kappa shape index (κ3) is 21.6. The average molecular weight is 778 g/mol. The van der Waals surface area contributed by atoms with Crippen LogP contribution in [0, 0.1) is 20.2 Å². The van der Waals surface area contributed by atoms with Crippen LogP contribution in [0.3, 0.4) is 0 Å². The molecule has 1 aromatic carbocycles. The van der Waals surface area contributed by atoms with Crippen molar-refractivity contribution in [2.24, 2.45) is 10.2 Å². The molecule has 0 radical (unpaired) electrons. The second-order valence-corrected chi connectivity index (χ2v) is 16.8. The van der Waals surface area contributed by atoms with E-state index in [2.05, 4.69) is 15.1 Å². The molecule has 2 rings (SSSR count). The fraction of sp³-hybridized carbons (Fsp3) is 0.684. The summed E-state index contributed by atoms with van der Waals surface area (Å²) in [5.74, 6) is 1.90. The molecule has 0 N–H and O–H groups in total. The van der Waals surface area contributed by atoms with Crippen molar-refractivity contribution >= 4 is 72.2 Å². The quantitative estimate of drug-likeness (QED) is 0.0315. The van der Waals surface area contributed by atoms with E-state index < -0.39 is 15.5 Å². The van der Waals surface area contributed by atoms with Crippen LogP contribution in [0.15, 0.2) is 40.6 Å². The summed E-state index contributed by atoms with van der Waals surface area (Å²) < 4.78 is 0. The maximum Gasteiger partial charge on any atom is 0.333 e. The van der Waals surface area contributed by atoms with Crippen molar-refractivity contribution in [2.75, 3.05) is 29.5 Å². The predicted molar refractivity (Wildman–Crippen MR) is 219 cm³/mol. The smallest absolute Gasteiger partial charge is 0.333 e. The normalized spacial score (nSPS) is 11.3. The van der Waals surface area contributed by atoms with Gasteiger partial charge in [0, 0.05) is 44.1 Å². The highest BCUT2D eigenvalue weighted by atomic mass is 32.2. The Morgan fingerprint density at radius 3 is 1.40 bits per heavy atom. The molecule has 0 aliphatic heterocycles. The van der Waals surface area contributed by atoms with Crippen LogP contribution in [0.4, 0.5) is 27.1 Å². The van der Waals surface area contributed by atoms with Crippen LogP contribution in [-0.2, 0) is 9.59 Å². The standard InChI is InChI=1S/C38H59N5O6S3/c1-32(44)50-29-21-17-13-9-5-3-7-11-15-19-27-41(28-20-16-12-8-4-6-10-14-18-22-30-51-33(2)45)35-25-23-34(24-26-35)39-40-38-36(42(46)47)31-37(52-38)43(48)49/h23-26,31H,3-22,27-30H2,1-2H3. The lowest BCUT2D eigenvalue weighted by atomic mass is 10.1. The van der Waals surface area contributed by atoms with E-state index >= 15 is 0 Å². The van der Waals surface area contributed by atoms with Gasteiger partial charge in [-0.1, -0.05) is 126 Å². The van der Waals surface area contributed by atoms with Gasteiger partial charge in [-0.05, 0) is 61.3 Å². The lowest BCUT2D eigenvalue weighted by molar-refractivity contribution is -0.389. The third-order valence-corrected chi connectivity index (χ3v) is 11.5. The Balaban J connectivity index is 1.78. The molecule has 52 heavy (non-hydrogen) atoms. The predicted octanol–water partition coefficient (Wildman–Crippen LogP) is 13.1. The van der Waals surface area contributed by atoms with Crippen LogP contribution in [0.2, 0.25) is 0 Å². The summed E-state index contributed by atoms with van der Waals surface area (Å²) >= 11 is 3.51. The Hall–Kier alpha value is -2.84. The second-order valence-electron chi connectivity index (χ2n) is 13.2. The fourth-order valence-corrected chi connectivity index (χ4v) is 7.96. The molecule has 0 saturated carbocycles. The molecule has 0 bridgehead atoms. The highest BCUT2D eigenvalue weighted by Crippen LogP contribution is 2.42. The van der Waals surface area contributed by atoms with Gasteiger partial charge in [-0.15, -0.1) is 10.2 Å². The topological polar surface area (TPSA) is 148 Å². The SMILES string of the molecule is CC(=O)SCCCCCCCCCCCCN(CCCCCCCCCCCCSC(C)=O)c1ccc(N=Nc2sc([N+](=O)[O-])cc2[N+](=O)[O-])cc1. The van der Waals surface area contributed by atoms with Crippen molar-refractivity contribution in [2.45, 2.75) is 142 Å². The molecule has 0 spiro atoms. The first-order valence-electron chi connectivity index (χ1n) is 19.1. The highest BCUT2D eigenvalue weighted by molar-refractivity contribution is 8.13. The molecule has 0 aliphatic carbocycles. The van der Waals surface area contributed by atoms with Gasteiger partial charge in [0.2, 0.25) is 5.00 Å². The van der Waals surface area contributed by atoms with Gasteiger partial charge >= 0.3 is 10.7 Å². The van der Waals surface area contributed by atoms with Crippen molar-refractivity contribution < 1.29 is 19.4 Å². The maximum atomic E-state index is 11.3. The van der Waals surface area contributed by atoms with E-state index in [4.69, 9.17) is 0 Å². The minimum absolute atomic E-state index is 0.0944. The first-order chi connectivity index (χ1) is 25.2. The van der Waals surface area contributed by atoms with E-state index in [9.17, 15) is 29.8 Å². The number of anilines is 1. The molecular weight excluding hydrogens is 719 g/mol. The Labute approximate surface area is 322 Å². The number of azo groups is 1. The summed E-state index contributed by atoms with van der Waals surface area (Å²) in [6.45, 7) is 5.23. The Morgan fingerprint density at radius 1 is 0.615 bits per heavy atom. The molecule has 11 nitrogen and oxygen atoms in total. The Morgan fingerprint density at radius 2 is 1.02 bits per heavy atom. The van der Waals surface area contributed by atoms with Crippen LogP contribution in [0.25, 0.3) is 0 Å². The zero-order valence-electron chi connectivity index (χ0n) is 31.3. The molecule has 14 heteroatoms. The lowest BCUT2D eigenvalue weighted by Crippen LogP contribution is -2.25. The van der Waals surface area contributed by atoms with E-state index in [0.717, 1.165) is 62.0 Å². The van der Waals surface area contributed by atoms with Gasteiger partial charge in [0.15, 0.2) is 10.2 Å². The first-order valence-corrected chi connectivity index (χ1v) is 21.9. The number of nitro groups is 2. The molecule has 0 fully saturated rings. The average Bonchev–Trinajstić information content (AvgIpc) is 3.56. The number of unbranched alkanes of at least 4 members (excludes halogenated alkanes) is 18. The molecule has 0 unspecified atom stereocenters. The molecule has 0 amide bonds. The number of nitrogens with zero attached hydrogens (tertiary/aromatic N) is 5. The number of carbonyl (C=O) groups excluding carboxylic acids is 2. The van der Waals surface area contributed by atoms with Crippen LogP contribution < -0.4 is 4.90 Å². The number of carbonyl (C=O) groups is 2. The molecule has 0 saturated heterocycles. The summed E-state index contributed by atoms with van der Waals surface area (Å²) in [6, 6.07) is 8.62. The summed E-state index contributed by atoms with van der Waals surface area (Å²) in [4.78, 5) is 45.6. The van der Waals surface area contributed by atoms with Crippen LogP contribution in [0.1, 0.15) is 142 Å². The molecule has 1 heterocycles. The summed E-state index contributed by atoms with van der Waals surface area (Å²) in [6.07, 6.45) is 24.6. The van der Waals surface area contributed by atoms with E-state index in [1.807, 2.05) is 24.3 Å². The minimum atomic E-state index is -0.679. The number of hydrogen-bond donors (Lipinski definition) is 0. The van der Waals surface area contributed by atoms with Gasteiger partial charge in [0.05, 0.1) is 15.5 Å². The van der Waals surface area contributed by atoms with Gasteiger partial charge in [0.25, 0.3) is 0 Å². The van der Waals surface area contributed by atoms with E-state index in [0.29, 0.717) is 17.0 Å². The van der Waals surface area contributed by atoms with Crippen molar-refractivity contribution in [1.82, 2.24) is 0 Å². The van der Waals surface area contributed by atoms with Gasteiger partial charge in [-0.25, -0.2) is 0 Å². The van der Waals surface area contributed by atoms with E-state index in [-0.39, 0.29) is 20.2 Å². The summed E-state index contributed by atoms with van der Waals surface area (Å²) in [7, 11) is 0. The van der Waals surface area contributed by atoms with E-state index in [1.54, 1.807) is 13.8 Å². The molecule has 0 atom stereocenters. The minimum Gasteiger partial charge on any atom is -0.372 e. The van der Waals surface area contributed by atoms with Crippen molar-refractivity contribution in [1.29, 1.82) is 0 Å². The fourth-order valence-electron chi connectivity index (χ4n) is 5.92. The zero-order chi connectivity index (χ0) is 37.8. The van der Waals surface area contributed by atoms with Gasteiger partial charge in [0.1, 0.15) is 6.07 Å². The Kier molecular flexibility index (Phi) is 25.0. The first kappa shape index (κ1) is 45.3. The number of thiophene rings is 1. The van der Waals surface area contributed by atoms with Crippen molar-refractivity contribution in [3.8, 4) is 0 Å². The molecule has 290 valence electrons. The Bertz CT molecular complexity index is 1320. The molecule has 2 aromatic rings. The van der Waals surface area contributed by atoms with Crippen LogP contribution in [0.5, 0.6) is 0 Å². The monoisotopic (exact) mass is 777 g/mol. The lowest BCUT2D eigenvalue weighted by Gasteiger charge is -2.25. The zero-order valence-corrected chi connectivity index (χ0v) is 33.7. The van der Waals surface area contributed by atoms with Crippen LogP contribution in [-0.4, -0.2) is 44.7 Å². The molecule has 1 aromatic heterocycles. The summed E-state index contributed by atoms with van der Waals surface area (Å²) in [5, 5.41) is 30.5. The number of hydrogen-bond acceptors (Lipinski definition) is 12.